The molecule has 2 aliphatic rings. The zero-order valence-electron chi connectivity index (χ0n) is 8.96. The Morgan fingerprint density at radius 1 is 1.36 bits per heavy atom. The largest absolute Gasteiger partial charge is 0.392 e. The van der Waals surface area contributed by atoms with Crippen LogP contribution in [0.3, 0.4) is 0 Å². The predicted octanol–water partition coefficient (Wildman–Crippen LogP) is 1.78. The van der Waals surface area contributed by atoms with Gasteiger partial charge in [0.15, 0.2) is 0 Å². The highest BCUT2D eigenvalue weighted by atomic mass is 32.2. The predicted molar refractivity (Wildman–Crippen MR) is 61.7 cm³/mol. The molecule has 0 heterocycles. The molecule has 0 aromatic rings. The van der Waals surface area contributed by atoms with Crippen molar-refractivity contribution in [1.82, 2.24) is 5.32 Å². The minimum Gasteiger partial charge on any atom is -0.392 e. The summed E-state index contributed by atoms with van der Waals surface area (Å²) in [5.41, 5.74) is 0. The number of thioether (sulfide) groups is 1. The molecule has 0 saturated heterocycles. The molecule has 14 heavy (non-hydrogen) atoms. The molecule has 2 N–H and O–H groups in total. The number of rotatable bonds is 4. The zero-order chi connectivity index (χ0) is 10.0. The second-order valence-electron chi connectivity index (χ2n) is 4.73. The van der Waals surface area contributed by atoms with Crippen LogP contribution in [-0.2, 0) is 0 Å². The molecule has 0 spiro atoms. The van der Waals surface area contributed by atoms with E-state index in [0.29, 0.717) is 10.8 Å². The van der Waals surface area contributed by atoms with Crippen LogP contribution >= 0.6 is 11.8 Å². The quantitative estimate of drug-likeness (QED) is 0.750. The molecule has 2 atom stereocenters. The van der Waals surface area contributed by atoms with Crippen molar-refractivity contribution in [2.45, 2.75) is 55.4 Å². The maximum atomic E-state index is 9.68. The Morgan fingerprint density at radius 3 is 2.57 bits per heavy atom. The molecule has 82 valence electrons. The van der Waals surface area contributed by atoms with Gasteiger partial charge in [0.1, 0.15) is 0 Å². The first-order valence-corrected chi connectivity index (χ1v) is 6.95. The van der Waals surface area contributed by atoms with Gasteiger partial charge in [-0.05, 0) is 38.4 Å². The van der Waals surface area contributed by atoms with Crippen LogP contribution in [-0.4, -0.2) is 34.8 Å². The minimum atomic E-state index is -0.0889. The lowest BCUT2D eigenvalue weighted by atomic mass is 9.84. The third-order valence-electron chi connectivity index (χ3n) is 3.86. The number of nitrogens with one attached hydrogen (secondary N) is 1. The van der Waals surface area contributed by atoms with Crippen LogP contribution in [0.4, 0.5) is 0 Å². The van der Waals surface area contributed by atoms with Crippen molar-refractivity contribution in [2.24, 2.45) is 0 Å². The van der Waals surface area contributed by atoms with Crippen molar-refractivity contribution in [3.05, 3.63) is 0 Å². The van der Waals surface area contributed by atoms with Gasteiger partial charge in [-0.3, -0.25) is 0 Å². The summed E-state index contributed by atoms with van der Waals surface area (Å²) in [6, 6.07) is 0.375. The Labute approximate surface area is 90.8 Å². The summed E-state index contributed by atoms with van der Waals surface area (Å²) in [7, 11) is 0. The van der Waals surface area contributed by atoms with Crippen LogP contribution in [0.15, 0.2) is 0 Å². The molecular formula is C11H21NOS. The van der Waals surface area contributed by atoms with Gasteiger partial charge in [0.05, 0.1) is 6.10 Å². The molecule has 2 fully saturated rings. The maximum Gasteiger partial charge on any atom is 0.0693 e. The normalized spacial score (nSPS) is 35.6. The second-order valence-corrected chi connectivity index (χ2v) is 6.00. The van der Waals surface area contributed by atoms with Gasteiger partial charge >= 0.3 is 0 Å². The Bertz CT molecular complexity index is 188. The number of hydrogen-bond donors (Lipinski definition) is 2. The lowest BCUT2D eigenvalue weighted by molar-refractivity contribution is 0.145. The monoisotopic (exact) mass is 215 g/mol. The molecule has 0 aromatic heterocycles. The maximum absolute atomic E-state index is 9.68. The summed E-state index contributed by atoms with van der Waals surface area (Å²) in [5.74, 6) is 0. The van der Waals surface area contributed by atoms with Crippen molar-refractivity contribution in [3.63, 3.8) is 0 Å². The Morgan fingerprint density at radius 2 is 2.14 bits per heavy atom. The first-order chi connectivity index (χ1) is 6.76. The van der Waals surface area contributed by atoms with Crippen LogP contribution in [0.1, 0.15) is 38.5 Å². The lowest BCUT2D eigenvalue weighted by Crippen LogP contribution is -2.48. The van der Waals surface area contributed by atoms with Crippen molar-refractivity contribution in [2.75, 3.05) is 12.8 Å². The fraction of sp³-hybridized carbons (Fsp3) is 1.00. The summed E-state index contributed by atoms with van der Waals surface area (Å²) >= 11 is 2.00. The van der Waals surface area contributed by atoms with Gasteiger partial charge in [-0.1, -0.05) is 6.42 Å². The van der Waals surface area contributed by atoms with Gasteiger partial charge < -0.3 is 10.4 Å². The number of hydrogen-bond acceptors (Lipinski definition) is 3. The van der Waals surface area contributed by atoms with Gasteiger partial charge in [-0.2, -0.15) is 11.8 Å². The Kier molecular flexibility index (Phi) is 3.40. The van der Waals surface area contributed by atoms with Crippen LogP contribution in [0.2, 0.25) is 0 Å². The van der Waals surface area contributed by atoms with E-state index in [0.717, 1.165) is 19.4 Å². The third kappa shape index (κ3) is 2.10. The van der Waals surface area contributed by atoms with Crippen LogP contribution < -0.4 is 5.32 Å². The first kappa shape index (κ1) is 10.8. The van der Waals surface area contributed by atoms with Gasteiger partial charge in [0.2, 0.25) is 0 Å². The molecule has 2 nitrogen and oxygen atoms in total. The van der Waals surface area contributed by atoms with E-state index >= 15 is 0 Å². The highest BCUT2D eigenvalue weighted by Crippen LogP contribution is 2.42. The van der Waals surface area contributed by atoms with Gasteiger partial charge in [0, 0.05) is 17.3 Å². The molecule has 0 bridgehead atoms. The third-order valence-corrected chi connectivity index (χ3v) is 5.28. The zero-order valence-corrected chi connectivity index (χ0v) is 9.78. The molecule has 0 amide bonds. The van der Waals surface area contributed by atoms with Crippen molar-refractivity contribution >= 4 is 11.8 Å². The molecule has 0 aromatic carbocycles. The highest BCUT2D eigenvalue weighted by molar-refractivity contribution is 8.00. The lowest BCUT2D eigenvalue weighted by Gasteiger charge is -2.41. The Balaban J connectivity index is 1.75. The minimum absolute atomic E-state index is 0.0889. The number of aliphatic hydroxyl groups excluding tert-OH is 1. The van der Waals surface area contributed by atoms with E-state index in [2.05, 4.69) is 11.6 Å². The highest BCUT2D eigenvalue weighted by Gasteiger charge is 2.37. The fourth-order valence-corrected chi connectivity index (χ4v) is 3.44. The molecule has 2 aliphatic carbocycles. The molecule has 3 heteroatoms. The van der Waals surface area contributed by atoms with E-state index in [1.807, 2.05) is 11.8 Å². The summed E-state index contributed by atoms with van der Waals surface area (Å²) in [4.78, 5) is 0. The topological polar surface area (TPSA) is 32.3 Å². The van der Waals surface area contributed by atoms with Crippen molar-refractivity contribution in [1.29, 1.82) is 0 Å². The average Bonchev–Trinajstić information content (AvgIpc) is 2.51. The van der Waals surface area contributed by atoms with Crippen molar-refractivity contribution in [3.8, 4) is 0 Å². The fourth-order valence-electron chi connectivity index (χ4n) is 2.52. The second kappa shape index (κ2) is 4.42. The van der Waals surface area contributed by atoms with E-state index in [1.165, 1.54) is 25.7 Å². The molecule has 0 radical (unpaired) electrons. The van der Waals surface area contributed by atoms with Crippen LogP contribution in [0.25, 0.3) is 0 Å². The van der Waals surface area contributed by atoms with Crippen molar-refractivity contribution < 1.29 is 5.11 Å². The van der Waals surface area contributed by atoms with Gasteiger partial charge in [-0.25, -0.2) is 0 Å². The van der Waals surface area contributed by atoms with E-state index in [9.17, 15) is 5.11 Å². The van der Waals surface area contributed by atoms with E-state index < -0.39 is 0 Å². The smallest absolute Gasteiger partial charge is 0.0693 e. The molecule has 2 rings (SSSR count). The van der Waals surface area contributed by atoms with Gasteiger partial charge in [-0.15, -0.1) is 0 Å². The summed E-state index contributed by atoms with van der Waals surface area (Å²) < 4.78 is 0.502. The van der Waals surface area contributed by atoms with Crippen LogP contribution in [0, 0.1) is 0 Å². The van der Waals surface area contributed by atoms with E-state index in [-0.39, 0.29) is 6.10 Å². The number of aliphatic hydroxyl groups is 1. The average molecular weight is 215 g/mol. The Hall–Kier alpha value is 0.270. The molecule has 0 aliphatic heterocycles. The van der Waals surface area contributed by atoms with E-state index in [4.69, 9.17) is 0 Å². The first-order valence-electron chi connectivity index (χ1n) is 5.72. The molecule has 2 saturated carbocycles. The standard InChI is InChI=1S/C11H21NOS/c1-14-11(6-3-7-11)8-12-9-4-2-5-10(9)13/h9-10,12-13H,2-8H2,1H3. The van der Waals surface area contributed by atoms with Crippen LogP contribution in [0.5, 0.6) is 0 Å². The summed E-state index contributed by atoms with van der Waals surface area (Å²) in [6.07, 6.45) is 9.55. The summed E-state index contributed by atoms with van der Waals surface area (Å²) in [5, 5.41) is 13.2. The molecular weight excluding hydrogens is 194 g/mol. The van der Waals surface area contributed by atoms with Gasteiger partial charge in [0.25, 0.3) is 0 Å². The molecule has 2 unspecified atom stereocenters. The SMILES string of the molecule is CSC1(CNC2CCCC2O)CCC1. The van der Waals surface area contributed by atoms with E-state index in [1.54, 1.807) is 0 Å². The summed E-state index contributed by atoms with van der Waals surface area (Å²) in [6.45, 7) is 1.09.